The van der Waals surface area contributed by atoms with Crippen LogP contribution in [-0.2, 0) is 57.4 Å². The van der Waals surface area contributed by atoms with Gasteiger partial charge in [0.2, 0.25) is 5.91 Å². The van der Waals surface area contributed by atoms with Gasteiger partial charge in [-0.3, -0.25) is 29.0 Å². The Morgan fingerprint density at radius 1 is 0.880 bits per heavy atom. The first-order chi connectivity index (χ1) is 23.1. The number of hydrogen-bond donors (Lipinski definition) is 4. The molecule has 0 aliphatic carbocycles. The second kappa shape index (κ2) is 23.2. The molecule has 4 rings (SSSR count). The van der Waals surface area contributed by atoms with E-state index in [2.05, 4.69) is 105 Å². The van der Waals surface area contributed by atoms with Crippen LogP contribution >= 0.6 is 123 Å². The molecular weight excluding hydrogens is 1350 g/mol. The molecule has 4 atom stereocenters. The maximum absolute atomic E-state index is 12.3. The fourth-order valence-corrected chi connectivity index (χ4v) is 6.90. The first-order valence-electron chi connectivity index (χ1n) is 13.6. The van der Waals surface area contributed by atoms with Gasteiger partial charge in [-0.2, -0.15) is 0 Å². The average Bonchev–Trinajstić information content (AvgIpc) is 2.99. The number of amides is 3. The van der Waals surface area contributed by atoms with Gasteiger partial charge in [0.15, 0.2) is 0 Å². The monoisotopic (exact) mass is 1380 g/mol. The van der Waals surface area contributed by atoms with Crippen molar-refractivity contribution in [2.24, 2.45) is 5.73 Å². The SMILES string of the molecule is CC(=O)OCC1=C(C(=O)O)N2C(=O)[C@@H](N)[C@H]2SC1.CC(=O)OCC1=C(C(=O)O)N2C(=O)[C@@H](NC(=O)OC(C)(C)C)[C@H]2SC1.[I][V]([I])[I].[I][V][I]. The second-order valence-electron chi connectivity index (χ2n) is 10.8. The molecule has 2 fully saturated rings. The summed E-state index contributed by atoms with van der Waals surface area (Å²) in [7, 11) is 0.628. The summed E-state index contributed by atoms with van der Waals surface area (Å²) in [4.78, 5) is 82.2. The van der Waals surface area contributed by atoms with Crippen molar-refractivity contribution in [1.29, 1.82) is 0 Å². The summed E-state index contributed by atoms with van der Waals surface area (Å²) in [6, 6.07) is -1.51. The number of alkyl carbamates (subject to hydrolysis) is 1. The number of nitrogens with two attached hydrogens (primary N) is 1. The zero-order valence-corrected chi connectivity index (χ0v) is 41.9. The van der Waals surface area contributed by atoms with E-state index in [1.165, 1.54) is 42.3 Å². The quantitative estimate of drug-likeness (QED) is 0.121. The number of thioether (sulfide) groups is 2. The molecule has 5 N–H and O–H groups in total. The van der Waals surface area contributed by atoms with Crippen molar-refractivity contribution in [2.75, 3.05) is 24.7 Å². The third-order valence-corrected chi connectivity index (χ3v) is 8.81. The van der Waals surface area contributed by atoms with E-state index < -0.39 is 64.8 Å². The molecule has 4 aliphatic heterocycles. The van der Waals surface area contributed by atoms with Crippen LogP contribution in [-0.4, -0.2) is 115 Å². The fourth-order valence-electron chi connectivity index (χ4n) is 4.30. The number of ether oxygens (including phenoxy) is 3. The summed E-state index contributed by atoms with van der Waals surface area (Å²) in [5.74, 6) is -3.81. The van der Waals surface area contributed by atoms with Gasteiger partial charge in [-0.1, -0.05) is 0 Å². The standard InChI is InChI=1S/C15H20N2O7S.C10H12N2O5S.5HI.2V/c1-7(18)23-5-8-6-25-12-9(16-14(22)24-15(2,3)4)11(19)17(12)10(8)13(20)21;1-4(13)17-2-5-3-18-9-6(11)8(14)12(9)7(5)10(15)16;;;;;;;/h9,12H,5-6H2,1-4H3,(H,16,22)(H,20,21);6,9H,2-3,11H2,1H3,(H,15,16);5*1H;;/q;;;;;;;+2;+3/p-5/t9-,12-;6-,9-;;;;;;;/m11......./s1. The summed E-state index contributed by atoms with van der Waals surface area (Å²) in [6.45, 7) is 7.25. The van der Waals surface area contributed by atoms with E-state index in [1.54, 1.807) is 20.8 Å². The number of rotatable bonds is 7. The summed E-state index contributed by atoms with van der Waals surface area (Å²) in [5.41, 5.74) is 5.34. The zero-order chi connectivity index (χ0) is 38.7. The van der Waals surface area contributed by atoms with E-state index in [4.69, 9.17) is 25.1 Å². The predicted octanol–water partition coefficient (Wildman–Crippen LogP) is 4.25. The van der Waals surface area contributed by atoms with Crippen LogP contribution in [0.2, 0.25) is 0 Å². The van der Waals surface area contributed by atoms with E-state index in [9.17, 15) is 38.7 Å². The number of carbonyl (C=O) groups is 7. The van der Waals surface area contributed by atoms with Gasteiger partial charge in [-0.25, -0.2) is 14.4 Å². The van der Waals surface area contributed by atoms with E-state index >= 15 is 0 Å². The van der Waals surface area contributed by atoms with Crippen molar-refractivity contribution in [2.45, 2.75) is 63.1 Å². The van der Waals surface area contributed by atoms with Crippen LogP contribution in [0.4, 0.5) is 4.79 Å². The molecule has 0 aromatic carbocycles. The van der Waals surface area contributed by atoms with Crippen molar-refractivity contribution in [1.82, 2.24) is 15.1 Å². The molecule has 4 heterocycles. The molecule has 0 bridgehead atoms. The zero-order valence-electron chi connectivity index (χ0n) is 26.7. The summed E-state index contributed by atoms with van der Waals surface area (Å²) in [5, 5.41) is 20.2. The molecule has 0 spiro atoms. The van der Waals surface area contributed by atoms with Gasteiger partial charge in [-0.05, 0) is 20.8 Å². The van der Waals surface area contributed by atoms with Gasteiger partial charge in [0, 0.05) is 36.5 Å². The number of carbonyl (C=O) groups excluding carboxylic acids is 5. The van der Waals surface area contributed by atoms with E-state index in [1.807, 2.05) is 0 Å². The first kappa shape index (κ1) is 49.1. The molecule has 4 aliphatic rings. The van der Waals surface area contributed by atoms with Crippen molar-refractivity contribution < 1.29 is 72.4 Å². The van der Waals surface area contributed by atoms with Gasteiger partial charge < -0.3 is 35.5 Å². The molecular formula is C25H32I5N4O12S2V2. The number of β-lactam (4-membered cyclic amide) rings is 2. The summed E-state index contributed by atoms with van der Waals surface area (Å²) in [6.07, 6.45) is -0.738. The van der Waals surface area contributed by atoms with E-state index in [-0.39, 0.29) is 40.7 Å². The van der Waals surface area contributed by atoms with Crippen LogP contribution < -0.4 is 11.1 Å². The normalized spacial score (nSPS) is 21.9. The summed E-state index contributed by atoms with van der Waals surface area (Å²) >= 11 is 14.8. The first-order valence-corrected chi connectivity index (χ1v) is 38.2. The van der Waals surface area contributed by atoms with Crippen molar-refractivity contribution in [3.63, 3.8) is 0 Å². The van der Waals surface area contributed by atoms with Crippen LogP contribution in [0, 0.1) is 0 Å². The minimum atomic E-state index is -1.28. The van der Waals surface area contributed by atoms with Crippen LogP contribution in [0.15, 0.2) is 22.5 Å². The molecule has 0 saturated carbocycles. The van der Waals surface area contributed by atoms with Crippen LogP contribution in [0.1, 0.15) is 34.6 Å². The van der Waals surface area contributed by atoms with Gasteiger partial charge in [0.25, 0.3) is 5.91 Å². The number of carboxylic acids is 2. The topological polar surface area (TPSA) is 232 Å². The van der Waals surface area contributed by atoms with Gasteiger partial charge >= 0.3 is 144 Å². The number of hydrogen-bond acceptors (Lipinski definition) is 13. The van der Waals surface area contributed by atoms with Crippen molar-refractivity contribution in [3.8, 4) is 0 Å². The number of nitrogens with one attached hydrogen (secondary N) is 1. The molecule has 0 aromatic rings. The number of nitrogens with zero attached hydrogens (tertiary/aromatic N) is 2. The molecule has 3 amide bonds. The van der Waals surface area contributed by atoms with Crippen LogP contribution in [0.5, 0.6) is 0 Å². The Labute approximate surface area is 363 Å². The van der Waals surface area contributed by atoms with Crippen LogP contribution in [0.3, 0.4) is 0 Å². The predicted molar refractivity (Wildman–Crippen MR) is 220 cm³/mol. The second-order valence-corrected chi connectivity index (χ2v) is 60.2. The average molecular weight is 1380 g/mol. The number of esters is 2. The molecule has 16 nitrogen and oxygen atoms in total. The number of halogens is 5. The Hall–Kier alpha value is 1.05. The number of aliphatic carboxylic acids is 2. The Morgan fingerprint density at radius 3 is 1.62 bits per heavy atom. The number of fused-ring (bicyclic) bond motifs is 2. The Morgan fingerprint density at radius 2 is 1.26 bits per heavy atom. The van der Waals surface area contributed by atoms with E-state index in [0.29, 0.717) is 26.4 Å². The molecule has 50 heavy (non-hydrogen) atoms. The number of carboxylic acid groups (broad SMARTS) is 2. The van der Waals surface area contributed by atoms with Gasteiger partial charge in [-0.15, -0.1) is 23.5 Å². The molecule has 281 valence electrons. The molecule has 25 heteroatoms. The third kappa shape index (κ3) is 15.3. The molecule has 2 saturated heterocycles. The van der Waals surface area contributed by atoms with Gasteiger partial charge in [0.1, 0.15) is 53.0 Å². The van der Waals surface area contributed by atoms with Gasteiger partial charge in [0.05, 0.1) is 0 Å². The molecule has 0 unspecified atom stereocenters. The maximum atomic E-state index is 12.3. The molecule has 0 aromatic heterocycles. The Bertz CT molecular complexity index is 1400. The van der Waals surface area contributed by atoms with Crippen molar-refractivity contribution >= 4 is 165 Å². The third-order valence-electron chi connectivity index (χ3n) is 6.11. The minimum absolute atomic E-state index is 0.105. The Kier molecular flexibility index (Phi) is 22.8. The fraction of sp³-hybridized carbons (Fsp3) is 0.560. The van der Waals surface area contributed by atoms with Crippen molar-refractivity contribution in [3.05, 3.63) is 22.5 Å². The van der Waals surface area contributed by atoms with E-state index in [0.717, 1.165) is 4.90 Å². The van der Waals surface area contributed by atoms with Crippen LogP contribution in [0.25, 0.3) is 0 Å². The summed E-state index contributed by atoms with van der Waals surface area (Å²) < 4.78 is 14.8. The molecule has 0 radical (unpaired) electrons. The Balaban J connectivity index is 0.000000435.